The maximum Gasteiger partial charge on any atom is 2.00 e. The Hall–Kier alpha value is -0.307. The second kappa shape index (κ2) is 120. The molecular weight excluding hydrogens is 167 g/mol. The van der Waals surface area contributed by atoms with Crippen molar-refractivity contribution in [3.63, 3.8) is 0 Å². The van der Waals surface area contributed by atoms with Crippen molar-refractivity contribution in [2.75, 3.05) is 7.11 Å². The molecule has 0 saturated carbocycles. The van der Waals surface area contributed by atoms with Crippen molar-refractivity contribution in [1.82, 2.24) is 0 Å². The third-order valence-corrected chi connectivity index (χ3v) is 0. The van der Waals surface area contributed by atoms with Crippen LogP contribution in [0.4, 0.5) is 0 Å². The topological polar surface area (TPSA) is 67.8 Å². The van der Waals surface area contributed by atoms with E-state index in [1.54, 1.807) is 0 Å². The van der Waals surface area contributed by atoms with Gasteiger partial charge in [-0.05, 0) is 0 Å². The van der Waals surface area contributed by atoms with Crippen molar-refractivity contribution in [3.05, 3.63) is 0 Å². The minimum Gasteiger partial charge on any atom is -0.400 e. The summed E-state index contributed by atoms with van der Waals surface area (Å²) in [5.41, 5.74) is 0. The maximum absolute atomic E-state index is 7.43. The predicted molar refractivity (Wildman–Crippen MR) is 39.2 cm³/mol. The van der Waals surface area contributed by atoms with Gasteiger partial charge in [0.1, 0.15) is 0 Å². The number of hydrogen-bond acceptors (Lipinski definition) is 3. The van der Waals surface area contributed by atoms with Crippen LogP contribution in [0.25, 0.3) is 0 Å². The van der Waals surface area contributed by atoms with Gasteiger partial charge in [-0.3, -0.25) is 10.5 Å². The summed E-state index contributed by atoms with van der Waals surface area (Å²) < 4.78 is 0. The molecule has 0 aromatic heterocycles. The van der Waals surface area contributed by atoms with Gasteiger partial charge in [0.2, 0.25) is 0 Å². The summed E-state index contributed by atoms with van der Waals surface area (Å²) in [6.45, 7) is 0. The van der Waals surface area contributed by atoms with E-state index in [9.17, 15) is 0 Å². The van der Waals surface area contributed by atoms with Crippen LogP contribution in [-0.4, -0.2) is 27.9 Å². The fourth-order valence-electron chi connectivity index (χ4n) is 0. The Bertz CT molecular complexity index is 74.8. The van der Waals surface area contributed by atoms with Crippen LogP contribution in [0.5, 0.6) is 0 Å². The summed E-state index contributed by atoms with van der Waals surface area (Å²) in [5, 5.41) is 21.9. The quantitative estimate of drug-likeness (QED) is 0.408. The van der Waals surface area contributed by atoms with Crippen LogP contribution in [0, 0.1) is 22.5 Å². The Balaban J connectivity index is -0.0000000202. The Kier molecular flexibility index (Phi) is 312. The van der Waals surface area contributed by atoms with E-state index in [1.807, 2.05) is 11.9 Å². The van der Waals surface area contributed by atoms with E-state index in [0.29, 0.717) is 0 Å². The van der Waals surface area contributed by atoms with Crippen LogP contribution in [0.3, 0.4) is 0 Å². The molecule has 0 aliphatic carbocycles. The average Bonchev–Trinajstić information content (AvgIpc) is 1.75. The smallest absolute Gasteiger partial charge is 0.400 e. The third kappa shape index (κ3) is 2650. The molecule has 0 atom stereocenters. The average molecular weight is 177 g/mol. The normalized spacial score (nSPS) is 2.44. The fraction of sp³-hybridized carbons (Fsp3) is 0.333. The van der Waals surface area contributed by atoms with Crippen LogP contribution < -0.4 is 0 Å². The van der Waals surface area contributed by atoms with Gasteiger partial charge in [-0.2, -0.15) is 11.9 Å². The molecule has 0 aliphatic rings. The van der Waals surface area contributed by atoms with E-state index >= 15 is 0 Å². The first-order valence-corrected chi connectivity index (χ1v) is 0.894. The van der Waals surface area contributed by atoms with E-state index in [-0.39, 0.29) is 35.2 Å². The van der Waals surface area contributed by atoms with Crippen molar-refractivity contribution in [2.45, 2.75) is 0 Å². The third-order valence-electron chi connectivity index (χ3n) is 0. The summed E-state index contributed by atoms with van der Waals surface area (Å²) in [6, 6.07) is 0. The first kappa shape index (κ1) is 23.4. The number of nitrogens with zero attached hydrogens (tertiary/aromatic N) is 2. The monoisotopic (exact) mass is 176 g/mol. The molecule has 3 nitrogen and oxygen atoms in total. The summed E-state index contributed by atoms with van der Waals surface area (Å²) in [6.07, 6.45) is 0. The van der Waals surface area contributed by atoms with Crippen LogP contribution in [-0.2, 0) is 19.5 Å². The first-order chi connectivity index (χ1) is 3.83. The van der Waals surface area contributed by atoms with Crippen molar-refractivity contribution in [3.8, 4) is 11.9 Å². The number of aliphatic hydroxyl groups is 1. The van der Waals surface area contributed by atoms with Gasteiger partial charge >= 0.3 is 19.5 Å². The van der Waals surface area contributed by atoms with E-state index in [0.717, 1.165) is 7.11 Å². The number of hydrogen-bond donors (Lipinski definition) is 1. The molecule has 0 saturated heterocycles. The largest absolute Gasteiger partial charge is 2.00 e. The Morgan fingerprint density at radius 2 is 1.11 bits per heavy atom. The minimum absolute atomic E-state index is 0. The van der Waals surface area contributed by atoms with Gasteiger partial charge < -0.3 is 5.11 Å². The Labute approximate surface area is 70.2 Å². The van der Waals surface area contributed by atoms with Gasteiger partial charge in [-0.25, -0.2) is 0 Å². The molecule has 0 aromatic carbocycles. The Morgan fingerprint density at radius 3 is 1.11 bits per heavy atom. The molecule has 0 fully saturated rings. The predicted octanol–water partition coefficient (Wildman–Crippen LogP) is -2.73. The van der Waals surface area contributed by atoms with Gasteiger partial charge in [-0.15, -0.1) is 0 Å². The molecule has 0 aliphatic heterocycles. The summed E-state index contributed by atoms with van der Waals surface area (Å²) in [7, 11) is 1.14. The second-order valence-corrected chi connectivity index (χ2v) is 0. The van der Waals surface area contributed by atoms with Gasteiger partial charge in [0.15, 0.2) is 0 Å². The Morgan fingerprint density at radius 1 is 1.11 bits per heavy atom. The fourth-order valence-corrected chi connectivity index (χ4v) is 0. The number of aliphatic hydroxyl groups excluding tert-OH is 1. The van der Waals surface area contributed by atoms with E-state index in [4.69, 9.17) is 15.6 Å². The van der Waals surface area contributed by atoms with Crippen molar-refractivity contribution >= 4 is 15.7 Å². The van der Waals surface area contributed by atoms with Crippen LogP contribution >= 0.6 is 0 Å². The standard InChI is InChI=1S/2CH3BN.CH4O.Zn/c2*2-1-3;1-2;/h2*2H3;2H,1H3;/q2*-1;;+2. The molecule has 0 unspecified atom stereocenters. The van der Waals surface area contributed by atoms with Crippen LogP contribution in [0.2, 0.25) is 0 Å². The van der Waals surface area contributed by atoms with Crippen LogP contribution in [0.15, 0.2) is 0 Å². The molecule has 9 heavy (non-hydrogen) atoms. The molecule has 0 spiro atoms. The van der Waals surface area contributed by atoms with Gasteiger partial charge in [0.25, 0.3) is 0 Å². The van der Waals surface area contributed by atoms with Gasteiger partial charge in [-0.1, -0.05) is 0 Å². The summed E-state index contributed by atoms with van der Waals surface area (Å²) in [5.74, 6) is 4.00. The van der Waals surface area contributed by atoms with E-state index in [1.165, 1.54) is 0 Å². The zero-order valence-electron chi connectivity index (χ0n) is 4.05. The zero-order valence-corrected chi connectivity index (χ0v) is 7.02. The molecule has 46 valence electrons. The first-order valence-electron chi connectivity index (χ1n) is 0.894. The van der Waals surface area contributed by atoms with E-state index < -0.39 is 0 Å². The van der Waals surface area contributed by atoms with Crippen molar-refractivity contribution in [2.24, 2.45) is 0 Å². The molecule has 0 radical (unpaired) electrons. The molecule has 0 amide bonds. The van der Waals surface area contributed by atoms with E-state index in [2.05, 4.69) is 0 Å². The molecule has 6 heteroatoms. The van der Waals surface area contributed by atoms with Crippen molar-refractivity contribution in [1.29, 1.82) is 10.5 Å². The number of nitriles is 2. The van der Waals surface area contributed by atoms with Gasteiger partial charge in [0, 0.05) is 7.11 Å². The molecular formula is C3H10B2N2OZn. The minimum atomic E-state index is 0. The maximum atomic E-state index is 7.43. The zero-order chi connectivity index (χ0) is 7.41. The van der Waals surface area contributed by atoms with Crippen LogP contribution in [0.1, 0.15) is 0 Å². The molecule has 1 N–H and O–H groups in total. The van der Waals surface area contributed by atoms with Crippen molar-refractivity contribution < 1.29 is 24.6 Å². The summed E-state index contributed by atoms with van der Waals surface area (Å²) in [4.78, 5) is 0. The number of rotatable bonds is 0. The molecule has 0 aromatic rings. The molecule has 0 bridgehead atoms. The molecule has 0 rings (SSSR count). The second-order valence-electron chi connectivity index (χ2n) is 0. The SMILES string of the molecule is CO.[BH3-]C#N.[BH3-]C#N.[Zn+2]. The van der Waals surface area contributed by atoms with Gasteiger partial charge in [0.05, 0.1) is 15.7 Å². The molecule has 0 heterocycles. The summed E-state index contributed by atoms with van der Waals surface area (Å²) >= 11 is 0.